The lowest BCUT2D eigenvalue weighted by Gasteiger charge is -2.32. The van der Waals surface area contributed by atoms with Gasteiger partial charge in [-0.2, -0.15) is 5.10 Å². The highest BCUT2D eigenvalue weighted by molar-refractivity contribution is 7.15. The van der Waals surface area contributed by atoms with Crippen LogP contribution in [0.5, 0.6) is 5.75 Å². The van der Waals surface area contributed by atoms with Crippen LogP contribution in [-0.4, -0.2) is 45.8 Å². The summed E-state index contributed by atoms with van der Waals surface area (Å²) in [6, 6.07) is 6.30. The molecule has 13 heteroatoms. The number of carbonyl (C=O) groups is 1. The van der Waals surface area contributed by atoms with E-state index in [0.717, 1.165) is 55.0 Å². The summed E-state index contributed by atoms with van der Waals surface area (Å²) < 4.78 is 54.8. The van der Waals surface area contributed by atoms with Crippen LogP contribution in [0.1, 0.15) is 23.4 Å². The second-order valence-corrected chi connectivity index (χ2v) is 8.81. The van der Waals surface area contributed by atoms with Gasteiger partial charge in [-0.05, 0) is 49.1 Å². The second kappa shape index (κ2) is 10.3. The van der Waals surface area contributed by atoms with E-state index < -0.39 is 30.3 Å². The van der Waals surface area contributed by atoms with Crippen LogP contribution in [0.3, 0.4) is 0 Å². The number of piperidine rings is 1. The van der Waals surface area contributed by atoms with E-state index in [4.69, 9.17) is 0 Å². The molecular formula is C21H20F4N6O2S. The van der Waals surface area contributed by atoms with Crippen LogP contribution in [0.4, 0.5) is 28.5 Å². The highest BCUT2D eigenvalue weighted by atomic mass is 32.1. The standard InChI is InChI=1S/C21H20F4N6O2S/c22-16-4-3-15(33-21(23,24)25)11-14(16)12-18(32)27-20-30-29-19(34-20)10-13-5-8-31(9-6-13)17-2-1-7-26-28-17/h1-4,7,11,13H,5-6,8-10,12H2,(H,27,30,32). The first kappa shape index (κ1) is 23.8. The molecule has 1 aliphatic rings. The monoisotopic (exact) mass is 496 g/mol. The highest BCUT2D eigenvalue weighted by Gasteiger charge is 2.31. The maximum Gasteiger partial charge on any atom is 0.573 e. The molecule has 0 bridgehead atoms. The number of alkyl halides is 3. The Bertz CT molecular complexity index is 1120. The Kier molecular flexibility index (Phi) is 7.20. The van der Waals surface area contributed by atoms with Crippen LogP contribution in [-0.2, 0) is 17.6 Å². The summed E-state index contributed by atoms with van der Waals surface area (Å²) in [6.45, 7) is 1.71. The Morgan fingerprint density at radius 3 is 2.68 bits per heavy atom. The Morgan fingerprint density at radius 1 is 1.18 bits per heavy atom. The Labute approximate surface area is 196 Å². The summed E-state index contributed by atoms with van der Waals surface area (Å²) in [7, 11) is 0. The van der Waals surface area contributed by atoms with E-state index in [1.807, 2.05) is 12.1 Å². The lowest BCUT2D eigenvalue weighted by Crippen LogP contribution is -2.34. The van der Waals surface area contributed by atoms with Gasteiger partial charge in [-0.25, -0.2) is 4.39 Å². The number of anilines is 2. The number of hydrogen-bond acceptors (Lipinski definition) is 8. The molecule has 0 aliphatic carbocycles. The minimum absolute atomic E-state index is 0.223. The predicted octanol–water partition coefficient (Wildman–Crippen LogP) is 4.01. The molecule has 180 valence electrons. The number of ether oxygens (including phenoxy) is 1. The molecule has 1 aromatic carbocycles. The van der Waals surface area contributed by atoms with E-state index in [1.165, 1.54) is 11.3 Å². The van der Waals surface area contributed by atoms with E-state index >= 15 is 0 Å². The average molecular weight is 496 g/mol. The molecule has 3 heterocycles. The largest absolute Gasteiger partial charge is 0.573 e. The van der Waals surface area contributed by atoms with Crippen LogP contribution in [0, 0.1) is 11.7 Å². The van der Waals surface area contributed by atoms with Gasteiger partial charge in [0.25, 0.3) is 0 Å². The van der Waals surface area contributed by atoms with Crippen molar-refractivity contribution < 1.29 is 27.1 Å². The molecule has 0 atom stereocenters. The number of aromatic nitrogens is 4. The fraction of sp³-hybridized carbons (Fsp3) is 0.381. The molecule has 0 spiro atoms. The van der Waals surface area contributed by atoms with Crippen molar-refractivity contribution in [3.8, 4) is 5.75 Å². The Morgan fingerprint density at radius 2 is 1.97 bits per heavy atom. The average Bonchev–Trinajstić information content (AvgIpc) is 3.22. The molecule has 0 saturated carbocycles. The maximum absolute atomic E-state index is 13.9. The van der Waals surface area contributed by atoms with Crippen LogP contribution in [0.15, 0.2) is 36.5 Å². The molecule has 1 amide bonds. The van der Waals surface area contributed by atoms with Crippen molar-refractivity contribution in [1.29, 1.82) is 0 Å². The van der Waals surface area contributed by atoms with Gasteiger partial charge in [0.05, 0.1) is 6.42 Å². The van der Waals surface area contributed by atoms with Gasteiger partial charge in [0.2, 0.25) is 11.0 Å². The minimum atomic E-state index is -4.91. The molecule has 4 rings (SSSR count). The molecule has 3 aromatic rings. The van der Waals surface area contributed by atoms with Gasteiger partial charge in [-0.3, -0.25) is 4.79 Å². The SMILES string of the molecule is O=C(Cc1cc(OC(F)(F)F)ccc1F)Nc1nnc(CC2CCN(c3cccnn3)CC2)s1. The molecular weight excluding hydrogens is 476 g/mol. The van der Waals surface area contributed by atoms with E-state index in [0.29, 0.717) is 12.3 Å². The van der Waals surface area contributed by atoms with Crippen molar-refractivity contribution >= 4 is 28.2 Å². The zero-order chi connectivity index (χ0) is 24.1. The van der Waals surface area contributed by atoms with Gasteiger partial charge in [-0.15, -0.1) is 28.5 Å². The summed E-state index contributed by atoms with van der Waals surface area (Å²) >= 11 is 1.22. The number of hydrogen-bond donors (Lipinski definition) is 1. The molecule has 0 radical (unpaired) electrons. The number of halogens is 4. The zero-order valence-corrected chi connectivity index (χ0v) is 18.6. The first-order valence-corrected chi connectivity index (χ1v) is 11.3. The van der Waals surface area contributed by atoms with Crippen LogP contribution in [0.25, 0.3) is 0 Å². The van der Waals surface area contributed by atoms with Crippen LogP contribution >= 0.6 is 11.3 Å². The van der Waals surface area contributed by atoms with Crippen molar-refractivity contribution in [2.45, 2.75) is 32.0 Å². The molecule has 1 fully saturated rings. The van der Waals surface area contributed by atoms with E-state index in [2.05, 4.69) is 35.3 Å². The van der Waals surface area contributed by atoms with Gasteiger partial charge >= 0.3 is 6.36 Å². The smallest absolute Gasteiger partial charge is 0.406 e. The second-order valence-electron chi connectivity index (χ2n) is 7.74. The fourth-order valence-electron chi connectivity index (χ4n) is 3.68. The van der Waals surface area contributed by atoms with E-state index in [1.54, 1.807) is 6.20 Å². The number of benzene rings is 1. The van der Waals surface area contributed by atoms with Gasteiger partial charge in [0.15, 0.2) is 5.82 Å². The third kappa shape index (κ3) is 6.59. The third-order valence-corrected chi connectivity index (χ3v) is 6.14. The molecule has 1 aliphatic heterocycles. The summed E-state index contributed by atoms with van der Waals surface area (Å²) in [5, 5.41) is 19.7. The fourth-order valence-corrected chi connectivity index (χ4v) is 4.55. The van der Waals surface area contributed by atoms with Crippen molar-refractivity contribution in [1.82, 2.24) is 20.4 Å². The first-order chi connectivity index (χ1) is 16.2. The van der Waals surface area contributed by atoms with Crippen molar-refractivity contribution in [2.75, 3.05) is 23.3 Å². The van der Waals surface area contributed by atoms with Crippen LogP contribution < -0.4 is 15.0 Å². The van der Waals surface area contributed by atoms with Crippen molar-refractivity contribution in [3.05, 3.63) is 52.9 Å². The summed E-state index contributed by atoms with van der Waals surface area (Å²) in [5.74, 6) is -0.762. The normalized spacial score (nSPS) is 14.8. The zero-order valence-electron chi connectivity index (χ0n) is 17.8. The lowest BCUT2D eigenvalue weighted by atomic mass is 9.94. The van der Waals surface area contributed by atoms with Crippen molar-refractivity contribution in [2.24, 2.45) is 5.92 Å². The number of nitrogens with zero attached hydrogens (tertiary/aromatic N) is 5. The number of carbonyl (C=O) groups excluding carboxylic acids is 1. The van der Waals surface area contributed by atoms with Gasteiger partial charge < -0.3 is 15.0 Å². The van der Waals surface area contributed by atoms with Gasteiger partial charge in [-0.1, -0.05) is 11.3 Å². The molecule has 2 aromatic heterocycles. The molecule has 8 nitrogen and oxygen atoms in total. The molecule has 34 heavy (non-hydrogen) atoms. The van der Waals surface area contributed by atoms with Crippen LogP contribution in [0.2, 0.25) is 0 Å². The predicted molar refractivity (Wildman–Crippen MR) is 116 cm³/mol. The number of amides is 1. The molecule has 0 unspecified atom stereocenters. The topological polar surface area (TPSA) is 93.1 Å². The van der Waals surface area contributed by atoms with Gasteiger partial charge in [0, 0.05) is 31.3 Å². The minimum Gasteiger partial charge on any atom is -0.406 e. The summed E-state index contributed by atoms with van der Waals surface area (Å²) in [6.07, 6.45) is -1.13. The van der Waals surface area contributed by atoms with Gasteiger partial charge in [0.1, 0.15) is 16.6 Å². The van der Waals surface area contributed by atoms with E-state index in [9.17, 15) is 22.4 Å². The lowest BCUT2D eigenvalue weighted by molar-refractivity contribution is -0.274. The number of rotatable bonds is 7. The quantitative estimate of drug-likeness (QED) is 0.494. The Hall–Kier alpha value is -3.35. The molecule has 1 saturated heterocycles. The summed E-state index contributed by atoms with van der Waals surface area (Å²) in [5.41, 5.74) is -0.223. The van der Waals surface area contributed by atoms with Crippen molar-refractivity contribution in [3.63, 3.8) is 0 Å². The highest BCUT2D eigenvalue weighted by Crippen LogP contribution is 2.27. The third-order valence-electron chi connectivity index (χ3n) is 5.28. The maximum atomic E-state index is 13.9. The molecule has 1 N–H and O–H groups in total. The first-order valence-electron chi connectivity index (χ1n) is 10.4. The number of nitrogens with one attached hydrogen (secondary N) is 1. The Balaban J connectivity index is 1.28. The van der Waals surface area contributed by atoms with E-state index in [-0.39, 0.29) is 10.7 Å². The summed E-state index contributed by atoms with van der Waals surface area (Å²) in [4.78, 5) is 14.5.